The van der Waals surface area contributed by atoms with Crippen LogP contribution in [0.3, 0.4) is 0 Å². The van der Waals surface area contributed by atoms with Crippen LogP contribution in [0.1, 0.15) is 19.0 Å². The Morgan fingerprint density at radius 3 is 2.96 bits per heavy atom. The standard InChI is InChI=1S/C16H20BrN5O/c1-4-11(2)21-5-6-22-13(10-21)8-15(19-22)18-14-7-12(17)9-20(3)16(14)23/h7-9H,2,4-6,10H2,1,3H3,(H,18,19). The highest BCUT2D eigenvalue weighted by molar-refractivity contribution is 9.10. The summed E-state index contributed by atoms with van der Waals surface area (Å²) in [4.78, 5) is 14.5. The van der Waals surface area contributed by atoms with Crippen LogP contribution in [-0.4, -0.2) is 25.8 Å². The van der Waals surface area contributed by atoms with Gasteiger partial charge in [-0.2, -0.15) is 5.10 Å². The molecule has 0 unspecified atom stereocenters. The summed E-state index contributed by atoms with van der Waals surface area (Å²) in [5.74, 6) is 0.694. The molecule has 0 saturated heterocycles. The Bertz CT molecular complexity index is 807. The van der Waals surface area contributed by atoms with Gasteiger partial charge in [0.15, 0.2) is 5.82 Å². The summed E-state index contributed by atoms with van der Waals surface area (Å²) in [6, 6.07) is 3.77. The Balaban J connectivity index is 1.84. The van der Waals surface area contributed by atoms with E-state index in [0.717, 1.165) is 41.9 Å². The van der Waals surface area contributed by atoms with Crippen molar-refractivity contribution in [3.05, 3.63) is 51.1 Å². The van der Waals surface area contributed by atoms with E-state index in [9.17, 15) is 4.79 Å². The number of hydrogen-bond donors (Lipinski definition) is 1. The molecule has 2 aromatic heterocycles. The van der Waals surface area contributed by atoms with Gasteiger partial charge in [-0.3, -0.25) is 9.48 Å². The molecule has 0 aromatic carbocycles. The Morgan fingerprint density at radius 1 is 1.43 bits per heavy atom. The zero-order valence-electron chi connectivity index (χ0n) is 13.3. The van der Waals surface area contributed by atoms with E-state index in [1.54, 1.807) is 19.3 Å². The number of allylic oxidation sites excluding steroid dienone is 1. The summed E-state index contributed by atoms with van der Waals surface area (Å²) in [6.45, 7) is 8.77. The lowest BCUT2D eigenvalue weighted by atomic mass is 10.2. The van der Waals surface area contributed by atoms with Crippen LogP contribution in [0.4, 0.5) is 11.5 Å². The maximum absolute atomic E-state index is 12.2. The van der Waals surface area contributed by atoms with Crippen molar-refractivity contribution in [3.8, 4) is 0 Å². The van der Waals surface area contributed by atoms with Gasteiger partial charge in [0.25, 0.3) is 5.56 Å². The molecule has 3 rings (SSSR count). The first-order valence-electron chi connectivity index (χ1n) is 7.60. The van der Waals surface area contributed by atoms with Crippen LogP contribution in [0.5, 0.6) is 0 Å². The normalized spacial score (nSPS) is 13.8. The highest BCUT2D eigenvalue weighted by Crippen LogP contribution is 2.22. The molecule has 2 aromatic rings. The van der Waals surface area contributed by atoms with Crippen molar-refractivity contribution >= 4 is 27.4 Å². The highest BCUT2D eigenvalue weighted by atomic mass is 79.9. The minimum absolute atomic E-state index is 0.0832. The van der Waals surface area contributed by atoms with Gasteiger partial charge < -0.3 is 14.8 Å². The molecule has 0 atom stereocenters. The monoisotopic (exact) mass is 377 g/mol. The first kappa shape index (κ1) is 15.9. The lowest BCUT2D eigenvalue weighted by Gasteiger charge is -2.30. The zero-order valence-corrected chi connectivity index (χ0v) is 14.9. The summed E-state index contributed by atoms with van der Waals surface area (Å²) in [5.41, 5.74) is 2.69. The molecule has 122 valence electrons. The van der Waals surface area contributed by atoms with Crippen molar-refractivity contribution < 1.29 is 0 Å². The van der Waals surface area contributed by atoms with E-state index in [-0.39, 0.29) is 5.56 Å². The van der Waals surface area contributed by atoms with E-state index in [1.807, 2.05) is 10.7 Å². The van der Waals surface area contributed by atoms with Gasteiger partial charge in [0, 0.05) is 36.0 Å². The van der Waals surface area contributed by atoms with Crippen molar-refractivity contribution in [2.24, 2.45) is 7.05 Å². The molecule has 0 radical (unpaired) electrons. The molecule has 23 heavy (non-hydrogen) atoms. The molecule has 0 aliphatic carbocycles. The van der Waals surface area contributed by atoms with Crippen molar-refractivity contribution in [3.63, 3.8) is 0 Å². The number of hydrogen-bond acceptors (Lipinski definition) is 4. The van der Waals surface area contributed by atoms with Gasteiger partial charge in [-0.15, -0.1) is 0 Å². The molecule has 0 spiro atoms. The summed E-state index contributed by atoms with van der Waals surface area (Å²) in [6.07, 6.45) is 2.69. The lowest BCUT2D eigenvalue weighted by Crippen LogP contribution is -2.32. The Kier molecular flexibility index (Phi) is 4.30. The number of aryl methyl sites for hydroxylation is 1. The number of rotatable bonds is 4. The molecule has 1 aliphatic rings. The predicted octanol–water partition coefficient (Wildman–Crippen LogP) is 2.83. The van der Waals surface area contributed by atoms with Crippen LogP contribution in [0.2, 0.25) is 0 Å². The molecule has 0 saturated carbocycles. The minimum atomic E-state index is -0.0832. The lowest BCUT2D eigenvalue weighted by molar-refractivity contribution is 0.262. The number of fused-ring (bicyclic) bond motifs is 1. The molecule has 0 fully saturated rings. The molecular weight excluding hydrogens is 358 g/mol. The van der Waals surface area contributed by atoms with Crippen LogP contribution >= 0.6 is 15.9 Å². The summed E-state index contributed by atoms with van der Waals surface area (Å²) in [5, 5.41) is 7.68. The van der Waals surface area contributed by atoms with Gasteiger partial charge >= 0.3 is 0 Å². The Hall–Kier alpha value is -2.02. The molecule has 3 heterocycles. The van der Waals surface area contributed by atoms with Crippen molar-refractivity contribution in [2.45, 2.75) is 26.4 Å². The highest BCUT2D eigenvalue weighted by Gasteiger charge is 2.19. The third-order valence-electron chi connectivity index (χ3n) is 4.07. The predicted molar refractivity (Wildman–Crippen MR) is 94.7 cm³/mol. The van der Waals surface area contributed by atoms with Crippen LogP contribution < -0.4 is 10.9 Å². The molecular formula is C16H20BrN5O. The number of halogens is 1. The van der Waals surface area contributed by atoms with E-state index >= 15 is 0 Å². The van der Waals surface area contributed by atoms with Gasteiger partial charge in [-0.25, -0.2) is 0 Å². The fourth-order valence-electron chi connectivity index (χ4n) is 2.72. The first-order valence-corrected chi connectivity index (χ1v) is 8.40. The molecule has 0 amide bonds. The van der Waals surface area contributed by atoms with Gasteiger partial charge in [0.1, 0.15) is 5.69 Å². The second-order valence-corrected chi connectivity index (χ2v) is 6.61. The van der Waals surface area contributed by atoms with Crippen LogP contribution in [0.15, 0.2) is 39.9 Å². The van der Waals surface area contributed by atoms with E-state index in [0.29, 0.717) is 11.5 Å². The number of anilines is 2. The van der Waals surface area contributed by atoms with Gasteiger partial charge in [-0.05, 0) is 28.4 Å². The molecule has 0 bridgehead atoms. The Morgan fingerprint density at radius 2 is 2.22 bits per heavy atom. The zero-order chi connectivity index (χ0) is 16.6. The average Bonchev–Trinajstić information content (AvgIpc) is 2.92. The average molecular weight is 378 g/mol. The minimum Gasteiger partial charge on any atom is -0.368 e. The van der Waals surface area contributed by atoms with Crippen LogP contribution in [0, 0.1) is 0 Å². The fourth-order valence-corrected chi connectivity index (χ4v) is 3.26. The number of aromatic nitrogens is 3. The molecule has 1 N–H and O–H groups in total. The molecule has 7 heteroatoms. The Labute approximate surface area is 143 Å². The molecule has 6 nitrogen and oxygen atoms in total. The summed E-state index contributed by atoms with van der Waals surface area (Å²) < 4.78 is 4.37. The smallest absolute Gasteiger partial charge is 0.274 e. The number of pyridine rings is 1. The third kappa shape index (κ3) is 3.19. The van der Waals surface area contributed by atoms with Crippen molar-refractivity contribution in [1.29, 1.82) is 0 Å². The van der Waals surface area contributed by atoms with E-state index in [2.05, 4.69) is 44.7 Å². The van der Waals surface area contributed by atoms with Gasteiger partial charge in [-0.1, -0.05) is 13.5 Å². The second-order valence-electron chi connectivity index (χ2n) is 5.70. The van der Waals surface area contributed by atoms with E-state index in [1.165, 1.54) is 4.57 Å². The van der Waals surface area contributed by atoms with Crippen molar-refractivity contribution in [1.82, 2.24) is 19.2 Å². The summed E-state index contributed by atoms with van der Waals surface area (Å²) in [7, 11) is 1.73. The quantitative estimate of drug-likeness (QED) is 0.889. The maximum atomic E-state index is 12.2. The topological polar surface area (TPSA) is 55.1 Å². The second kappa shape index (κ2) is 6.23. The SMILES string of the molecule is C=C(CC)N1CCn2nc(Nc3cc(Br)cn(C)c3=O)cc2C1. The number of nitrogens with zero attached hydrogens (tertiary/aromatic N) is 4. The summed E-state index contributed by atoms with van der Waals surface area (Å²) >= 11 is 3.41. The van der Waals surface area contributed by atoms with E-state index in [4.69, 9.17) is 0 Å². The largest absolute Gasteiger partial charge is 0.368 e. The maximum Gasteiger partial charge on any atom is 0.274 e. The van der Waals surface area contributed by atoms with Crippen molar-refractivity contribution in [2.75, 3.05) is 11.9 Å². The van der Waals surface area contributed by atoms with Crippen LogP contribution in [-0.2, 0) is 20.1 Å². The van der Waals surface area contributed by atoms with Gasteiger partial charge in [0.2, 0.25) is 0 Å². The van der Waals surface area contributed by atoms with Gasteiger partial charge in [0.05, 0.1) is 18.8 Å². The fraction of sp³-hybridized carbons (Fsp3) is 0.375. The first-order chi connectivity index (χ1) is 11.0. The third-order valence-corrected chi connectivity index (χ3v) is 4.50. The number of nitrogens with one attached hydrogen (secondary N) is 1. The van der Waals surface area contributed by atoms with E-state index < -0.39 is 0 Å². The van der Waals surface area contributed by atoms with Crippen LogP contribution in [0.25, 0.3) is 0 Å². The molecule has 1 aliphatic heterocycles.